The summed E-state index contributed by atoms with van der Waals surface area (Å²) in [5, 5.41) is 8.17. The number of nitrogens with one attached hydrogen (secondary N) is 2. The van der Waals surface area contributed by atoms with Crippen LogP contribution in [0.25, 0.3) is 0 Å². The van der Waals surface area contributed by atoms with Crippen LogP contribution >= 0.6 is 11.3 Å². The first-order valence-electron chi connectivity index (χ1n) is 7.73. The third-order valence-corrected chi connectivity index (χ3v) is 4.57. The van der Waals surface area contributed by atoms with Gasteiger partial charge < -0.3 is 10.6 Å². The van der Waals surface area contributed by atoms with Gasteiger partial charge in [-0.1, -0.05) is 24.3 Å². The maximum atomic E-state index is 12.0. The van der Waals surface area contributed by atoms with Crippen molar-refractivity contribution in [2.75, 3.05) is 10.6 Å². The monoisotopic (exact) mass is 337 g/mol. The lowest BCUT2D eigenvalue weighted by Gasteiger charge is -2.12. The van der Waals surface area contributed by atoms with Gasteiger partial charge in [0.25, 0.3) is 0 Å². The van der Waals surface area contributed by atoms with E-state index in [1.54, 1.807) is 17.5 Å². The average Bonchev–Trinajstić information content (AvgIpc) is 3.05. The van der Waals surface area contributed by atoms with Crippen molar-refractivity contribution in [1.29, 1.82) is 0 Å². The Morgan fingerprint density at radius 3 is 2.50 bits per heavy atom. The van der Waals surface area contributed by atoms with Crippen LogP contribution in [0.5, 0.6) is 0 Å². The lowest BCUT2D eigenvalue weighted by molar-refractivity contribution is -0.115. The minimum absolute atomic E-state index is 0.0552. The average molecular weight is 337 g/mol. The fourth-order valence-corrected chi connectivity index (χ4v) is 3.16. The molecule has 0 radical (unpaired) electrons. The molecule has 0 unspecified atom stereocenters. The quantitative estimate of drug-likeness (QED) is 0.710. The summed E-state index contributed by atoms with van der Waals surface area (Å²) in [5.41, 5.74) is 4.35. The van der Waals surface area contributed by atoms with Gasteiger partial charge in [-0.25, -0.2) is 4.98 Å². The third-order valence-electron chi connectivity index (χ3n) is 3.70. The first-order chi connectivity index (χ1) is 11.6. The minimum Gasteiger partial charge on any atom is -0.354 e. The van der Waals surface area contributed by atoms with Gasteiger partial charge >= 0.3 is 0 Å². The standard InChI is InChI=1S/C19H19N3OS/c1-13-5-3-6-14(2)19(13)21-15-8-9-17(20-12-15)22-18(23)11-16-7-4-10-24-16/h3-10,12,21H,11H2,1-2H3,(H,20,22,23). The number of anilines is 3. The summed E-state index contributed by atoms with van der Waals surface area (Å²) in [6, 6.07) is 13.8. The van der Waals surface area contributed by atoms with Gasteiger partial charge in [-0.3, -0.25) is 4.79 Å². The van der Waals surface area contributed by atoms with Crippen LogP contribution in [-0.2, 0) is 11.2 Å². The molecule has 4 nitrogen and oxygen atoms in total. The van der Waals surface area contributed by atoms with Crippen LogP contribution in [-0.4, -0.2) is 10.9 Å². The van der Waals surface area contributed by atoms with E-state index in [1.807, 2.05) is 35.7 Å². The van der Waals surface area contributed by atoms with Gasteiger partial charge in [0.2, 0.25) is 5.91 Å². The van der Waals surface area contributed by atoms with Gasteiger partial charge in [0.1, 0.15) is 5.82 Å². The predicted molar refractivity (Wildman–Crippen MR) is 100 cm³/mol. The van der Waals surface area contributed by atoms with E-state index in [9.17, 15) is 4.79 Å². The second kappa shape index (κ2) is 7.27. The molecule has 0 bridgehead atoms. The zero-order valence-corrected chi connectivity index (χ0v) is 14.5. The molecule has 122 valence electrons. The van der Waals surface area contributed by atoms with Crippen LogP contribution in [0.2, 0.25) is 0 Å². The molecule has 0 fully saturated rings. The molecule has 0 aliphatic heterocycles. The largest absolute Gasteiger partial charge is 0.354 e. The number of benzene rings is 1. The second-order valence-electron chi connectivity index (χ2n) is 5.63. The number of pyridine rings is 1. The Morgan fingerprint density at radius 2 is 1.88 bits per heavy atom. The van der Waals surface area contributed by atoms with E-state index >= 15 is 0 Å². The lowest BCUT2D eigenvalue weighted by atomic mass is 10.1. The van der Waals surface area contributed by atoms with Crippen molar-refractivity contribution in [3.05, 3.63) is 70.0 Å². The van der Waals surface area contributed by atoms with Gasteiger partial charge in [-0.2, -0.15) is 0 Å². The van der Waals surface area contributed by atoms with Crippen LogP contribution < -0.4 is 10.6 Å². The molecule has 0 saturated heterocycles. The molecular weight excluding hydrogens is 318 g/mol. The number of para-hydroxylation sites is 1. The van der Waals surface area contributed by atoms with Crippen LogP contribution in [0.4, 0.5) is 17.2 Å². The number of aryl methyl sites for hydroxylation is 2. The Balaban J connectivity index is 1.64. The fraction of sp³-hybridized carbons (Fsp3) is 0.158. The predicted octanol–water partition coefficient (Wildman–Crippen LogP) is 4.68. The summed E-state index contributed by atoms with van der Waals surface area (Å²) in [4.78, 5) is 17.3. The van der Waals surface area contributed by atoms with Crippen LogP contribution in [0, 0.1) is 13.8 Å². The molecule has 1 aromatic carbocycles. The number of hydrogen-bond acceptors (Lipinski definition) is 4. The van der Waals surface area contributed by atoms with Gasteiger partial charge in [-0.05, 0) is 48.6 Å². The summed E-state index contributed by atoms with van der Waals surface area (Å²) in [6.07, 6.45) is 2.11. The highest BCUT2D eigenvalue weighted by Crippen LogP contribution is 2.24. The molecule has 2 heterocycles. The van der Waals surface area contributed by atoms with Gasteiger partial charge in [-0.15, -0.1) is 11.3 Å². The van der Waals surface area contributed by atoms with Crippen molar-refractivity contribution in [1.82, 2.24) is 4.98 Å². The second-order valence-corrected chi connectivity index (χ2v) is 6.66. The maximum Gasteiger partial charge on any atom is 0.230 e. The molecule has 3 rings (SSSR count). The first kappa shape index (κ1) is 16.2. The zero-order valence-electron chi connectivity index (χ0n) is 13.7. The van der Waals surface area contributed by atoms with E-state index in [2.05, 4.69) is 41.6 Å². The van der Waals surface area contributed by atoms with E-state index in [-0.39, 0.29) is 5.91 Å². The molecule has 0 saturated carbocycles. The molecule has 0 atom stereocenters. The highest BCUT2D eigenvalue weighted by molar-refractivity contribution is 7.10. The topological polar surface area (TPSA) is 54.0 Å². The summed E-state index contributed by atoms with van der Waals surface area (Å²) in [7, 11) is 0. The summed E-state index contributed by atoms with van der Waals surface area (Å²) >= 11 is 1.58. The van der Waals surface area contributed by atoms with Gasteiger partial charge in [0.05, 0.1) is 18.3 Å². The number of amides is 1. The third kappa shape index (κ3) is 4.00. The van der Waals surface area contributed by atoms with Crippen molar-refractivity contribution >= 4 is 34.4 Å². The van der Waals surface area contributed by atoms with E-state index in [4.69, 9.17) is 0 Å². The van der Waals surface area contributed by atoms with Crippen LogP contribution in [0.3, 0.4) is 0 Å². The van der Waals surface area contributed by atoms with Crippen molar-refractivity contribution in [2.45, 2.75) is 20.3 Å². The van der Waals surface area contributed by atoms with Crippen molar-refractivity contribution in [2.24, 2.45) is 0 Å². The fourth-order valence-electron chi connectivity index (χ4n) is 2.46. The number of nitrogens with zero attached hydrogens (tertiary/aromatic N) is 1. The molecule has 0 spiro atoms. The Labute approximate surface area is 145 Å². The van der Waals surface area contributed by atoms with E-state index < -0.39 is 0 Å². The molecule has 2 aromatic heterocycles. The summed E-state index contributed by atoms with van der Waals surface area (Å²) < 4.78 is 0. The van der Waals surface area contributed by atoms with Crippen LogP contribution in [0.1, 0.15) is 16.0 Å². The number of carbonyl (C=O) groups excluding carboxylic acids is 1. The highest BCUT2D eigenvalue weighted by Gasteiger charge is 2.07. The molecule has 1 amide bonds. The Morgan fingerprint density at radius 1 is 1.08 bits per heavy atom. The first-order valence-corrected chi connectivity index (χ1v) is 8.61. The summed E-state index contributed by atoms with van der Waals surface area (Å²) in [6.45, 7) is 4.14. The van der Waals surface area contributed by atoms with Crippen molar-refractivity contribution < 1.29 is 4.79 Å². The molecule has 5 heteroatoms. The Kier molecular flexibility index (Phi) is 4.91. The molecular formula is C19H19N3OS. The van der Waals surface area contributed by atoms with Gasteiger partial charge in [0, 0.05) is 10.6 Å². The molecule has 24 heavy (non-hydrogen) atoms. The van der Waals surface area contributed by atoms with Crippen LogP contribution in [0.15, 0.2) is 54.0 Å². The Hall–Kier alpha value is -2.66. The molecule has 3 aromatic rings. The van der Waals surface area contributed by atoms with Gasteiger partial charge in [0.15, 0.2) is 0 Å². The normalized spacial score (nSPS) is 10.4. The van der Waals surface area contributed by atoms with E-state index in [1.165, 1.54) is 11.1 Å². The molecule has 0 aliphatic rings. The molecule has 0 aliphatic carbocycles. The van der Waals surface area contributed by atoms with E-state index in [0.717, 1.165) is 16.3 Å². The maximum absolute atomic E-state index is 12.0. The summed E-state index contributed by atoms with van der Waals surface area (Å²) in [5.74, 6) is 0.504. The minimum atomic E-state index is -0.0552. The lowest BCUT2D eigenvalue weighted by Crippen LogP contribution is -2.14. The highest BCUT2D eigenvalue weighted by atomic mass is 32.1. The number of aromatic nitrogens is 1. The van der Waals surface area contributed by atoms with Crippen molar-refractivity contribution in [3.63, 3.8) is 0 Å². The number of rotatable bonds is 5. The number of carbonyl (C=O) groups is 1. The molecule has 2 N–H and O–H groups in total. The number of thiophene rings is 1. The van der Waals surface area contributed by atoms with E-state index in [0.29, 0.717) is 12.2 Å². The Bertz CT molecular complexity index is 806. The van der Waals surface area contributed by atoms with Crippen molar-refractivity contribution in [3.8, 4) is 0 Å². The number of hydrogen-bond donors (Lipinski definition) is 2. The smallest absolute Gasteiger partial charge is 0.230 e. The zero-order chi connectivity index (χ0) is 16.9. The SMILES string of the molecule is Cc1cccc(C)c1Nc1ccc(NC(=O)Cc2cccs2)nc1.